The Labute approximate surface area is 108 Å². The minimum atomic E-state index is -0.371. The number of benzene rings is 1. The van der Waals surface area contributed by atoms with Gasteiger partial charge < -0.3 is 14.8 Å². The zero-order valence-corrected chi connectivity index (χ0v) is 11.2. The Bertz CT molecular complexity index is 375. The van der Waals surface area contributed by atoms with Crippen LogP contribution in [0.5, 0.6) is 5.75 Å². The topological polar surface area (TPSA) is 47.6 Å². The molecule has 0 aliphatic heterocycles. The van der Waals surface area contributed by atoms with Gasteiger partial charge in [0.1, 0.15) is 18.5 Å². The minimum Gasteiger partial charge on any atom is -0.492 e. The normalized spacial score (nSPS) is 11.9. The first kappa shape index (κ1) is 14.5. The lowest BCUT2D eigenvalue weighted by atomic mass is 10.2. The van der Waals surface area contributed by atoms with E-state index < -0.39 is 0 Å². The largest absolute Gasteiger partial charge is 0.492 e. The molecule has 1 aromatic carbocycles. The number of rotatable bonds is 7. The van der Waals surface area contributed by atoms with Gasteiger partial charge in [0.05, 0.1) is 6.54 Å². The van der Waals surface area contributed by atoms with Crippen LogP contribution in [-0.2, 0) is 9.53 Å². The monoisotopic (exact) mass is 251 g/mol. The summed E-state index contributed by atoms with van der Waals surface area (Å²) in [4.78, 5) is 11.6. The molecule has 0 saturated carbocycles. The van der Waals surface area contributed by atoms with Crippen LogP contribution in [0.1, 0.15) is 18.9 Å². The van der Waals surface area contributed by atoms with Crippen LogP contribution in [-0.4, -0.2) is 32.3 Å². The predicted octanol–water partition coefficient (Wildman–Crippen LogP) is 1.92. The lowest BCUT2D eigenvalue weighted by Gasteiger charge is -2.13. The van der Waals surface area contributed by atoms with Crippen molar-refractivity contribution in [1.82, 2.24) is 5.32 Å². The molecule has 0 bridgehead atoms. The molecule has 100 valence electrons. The summed E-state index contributed by atoms with van der Waals surface area (Å²) in [6.45, 7) is 4.86. The number of aryl methyl sites for hydroxylation is 1. The van der Waals surface area contributed by atoms with E-state index in [1.165, 1.54) is 7.11 Å². The van der Waals surface area contributed by atoms with Gasteiger partial charge in [0.2, 0.25) is 5.91 Å². The van der Waals surface area contributed by atoms with Crippen LogP contribution in [0.15, 0.2) is 24.3 Å². The van der Waals surface area contributed by atoms with Gasteiger partial charge in [-0.15, -0.1) is 0 Å². The number of amides is 1. The van der Waals surface area contributed by atoms with E-state index in [1.807, 2.05) is 38.1 Å². The molecule has 1 N–H and O–H groups in total. The molecule has 0 heterocycles. The first-order valence-electron chi connectivity index (χ1n) is 6.17. The standard InChI is InChI=1S/C14H21NO3/c1-4-13(17-3)14(16)15-8-9-18-12-7-5-6-11(2)10-12/h5-7,10,13H,4,8-9H2,1-3H3,(H,15,16)/t13-/m0/s1. The number of ether oxygens (including phenoxy) is 2. The number of hydrogen-bond acceptors (Lipinski definition) is 3. The minimum absolute atomic E-state index is 0.0900. The lowest BCUT2D eigenvalue weighted by molar-refractivity contribution is -0.131. The Hall–Kier alpha value is -1.55. The van der Waals surface area contributed by atoms with Crippen molar-refractivity contribution in [3.05, 3.63) is 29.8 Å². The average Bonchev–Trinajstić information content (AvgIpc) is 2.36. The second-order valence-electron chi connectivity index (χ2n) is 4.09. The van der Waals surface area contributed by atoms with Gasteiger partial charge in [-0.25, -0.2) is 0 Å². The number of carbonyl (C=O) groups is 1. The van der Waals surface area contributed by atoms with Crippen LogP contribution in [0.25, 0.3) is 0 Å². The lowest BCUT2D eigenvalue weighted by Crippen LogP contribution is -2.37. The second-order valence-corrected chi connectivity index (χ2v) is 4.09. The van der Waals surface area contributed by atoms with E-state index in [4.69, 9.17) is 9.47 Å². The Morgan fingerprint density at radius 1 is 1.44 bits per heavy atom. The fourth-order valence-corrected chi connectivity index (χ4v) is 1.62. The Morgan fingerprint density at radius 2 is 2.22 bits per heavy atom. The number of nitrogens with one attached hydrogen (secondary N) is 1. The van der Waals surface area contributed by atoms with Crippen molar-refractivity contribution in [3.8, 4) is 5.75 Å². The summed E-state index contributed by atoms with van der Waals surface area (Å²) in [6.07, 6.45) is 0.296. The van der Waals surface area contributed by atoms with Gasteiger partial charge in [-0.1, -0.05) is 19.1 Å². The number of methoxy groups -OCH3 is 1. The van der Waals surface area contributed by atoms with E-state index in [-0.39, 0.29) is 12.0 Å². The van der Waals surface area contributed by atoms with Crippen molar-refractivity contribution in [2.45, 2.75) is 26.4 Å². The zero-order chi connectivity index (χ0) is 13.4. The molecular weight excluding hydrogens is 230 g/mol. The molecule has 0 aliphatic carbocycles. The van der Waals surface area contributed by atoms with Crippen molar-refractivity contribution in [2.75, 3.05) is 20.3 Å². The summed E-state index contributed by atoms with van der Waals surface area (Å²) in [5.74, 6) is 0.732. The summed E-state index contributed by atoms with van der Waals surface area (Å²) in [5.41, 5.74) is 1.15. The van der Waals surface area contributed by atoms with Crippen LogP contribution >= 0.6 is 0 Å². The number of carbonyl (C=O) groups excluding carboxylic acids is 1. The maximum atomic E-state index is 11.6. The summed E-state index contributed by atoms with van der Waals surface area (Å²) >= 11 is 0. The highest BCUT2D eigenvalue weighted by Crippen LogP contribution is 2.11. The van der Waals surface area contributed by atoms with Gasteiger partial charge in [-0.3, -0.25) is 4.79 Å². The van der Waals surface area contributed by atoms with Gasteiger partial charge >= 0.3 is 0 Å². The maximum Gasteiger partial charge on any atom is 0.249 e. The smallest absolute Gasteiger partial charge is 0.249 e. The van der Waals surface area contributed by atoms with E-state index >= 15 is 0 Å². The quantitative estimate of drug-likeness (QED) is 0.753. The van der Waals surface area contributed by atoms with E-state index in [9.17, 15) is 4.79 Å². The Balaban J connectivity index is 2.24. The Kier molecular flexibility index (Phi) is 6.22. The summed E-state index contributed by atoms with van der Waals surface area (Å²) < 4.78 is 10.6. The third kappa shape index (κ3) is 4.75. The average molecular weight is 251 g/mol. The fourth-order valence-electron chi connectivity index (χ4n) is 1.62. The van der Waals surface area contributed by atoms with Gasteiger partial charge in [0.25, 0.3) is 0 Å². The van der Waals surface area contributed by atoms with Crippen LogP contribution in [0.4, 0.5) is 0 Å². The molecule has 1 rings (SSSR count). The molecular formula is C14H21NO3. The summed E-state index contributed by atoms with van der Waals surface area (Å²) in [5, 5.41) is 2.78. The molecule has 1 atom stereocenters. The highest BCUT2D eigenvalue weighted by Gasteiger charge is 2.13. The van der Waals surface area contributed by atoms with Gasteiger partial charge in [0.15, 0.2) is 0 Å². The van der Waals surface area contributed by atoms with Crippen LogP contribution in [0.3, 0.4) is 0 Å². The van der Waals surface area contributed by atoms with Crippen molar-refractivity contribution >= 4 is 5.91 Å². The SMILES string of the molecule is CC[C@H](OC)C(=O)NCCOc1cccc(C)c1. The maximum absolute atomic E-state index is 11.6. The molecule has 0 spiro atoms. The summed E-state index contributed by atoms with van der Waals surface area (Å²) in [6, 6.07) is 7.82. The number of hydrogen-bond donors (Lipinski definition) is 1. The molecule has 0 radical (unpaired) electrons. The van der Waals surface area contributed by atoms with Crippen molar-refractivity contribution in [1.29, 1.82) is 0 Å². The second kappa shape index (κ2) is 7.71. The molecule has 1 amide bonds. The van der Waals surface area contributed by atoms with Crippen molar-refractivity contribution < 1.29 is 14.3 Å². The third-order valence-corrected chi connectivity index (χ3v) is 2.61. The van der Waals surface area contributed by atoms with Gasteiger partial charge in [-0.2, -0.15) is 0 Å². The summed E-state index contributed by atoms with van der Waals surface area (Å²) in [7, 11) is 1.54. The Morgan fingerprint density at radius 3 is 2.83 bits per heavy atom. The van der Waals surface area contributed by atoms with E-state index in [1.54, 1.807) is 0 Å². The molecule has 4 heteroatoms. The predicted molar refractivity (Wildman–Crippen MR) is 70.8 cm³/mol. The molecule has 0 aromatic heterocycles. The zero-order valence-electron chi connectivity index (χ0n) is 11.2. The van der Waals surface area contributed by atoms with E-state index in [0.29, 0.717) is 19.6 Å². The van der Waals surface area contributed by atoms with Crippen LogP contribution < -0.4 is 10.1 Å². The van der Waals surface area contributed by atoms with Gasteiger partial charge in [-0.05, 0) is 31.0 Å². The van der Waals surface area contributed by atoms with E-state index in [0.717, 1.165) is 11.3 Å². The van der Waals surface area contributed by atoms with Crippen LogP contribution in [0, 0.1) is 6.92 Å². The first-order valence-corrected chi connectivity index (χ1v) is 6.17. The molecule has 0 fully saturated rings. The van der Waals surface area contributed by atoms with Gasteiger partial charge in [0, 0.05) is 7.11 Å². The molecule has 0 aliphatic rings. The highest BCUT2D eigenvalue weighted by molar-refractivity contribution is 5.80. The fraction of sp³-hybridized carbons (Fsp3) is 0.500. The molecule has 18 heavy (non-hydrogen) atoms. The molecule has 4 nitrogen and oxygen atoms in total. The van der Waals surface area contributed by atoms with Crippen molar-refractivity contribution in [2.24, 2.45) is 0 Å². The van der Waals surface area contributed by atoms with E-state index in [2.05, 4.69) is 5.32 Å². The first-order chi connectivity index (χ1) is 8.67. The van der Waals surface area contributed by atoms with Crippen molar-refractivity contribution in [3.63, 3.8) is 0 Å². The third-order valence-electron chi connectivity index (χ3n) is 2.61. The molecule has 0 unspecified atom stereocenters. The van der Waals surface area contributed by atoms with Crippen LogP contribution in [0.2, 0.25) is 0 Å². The molecule has 0 saturated heterocycles. The highest BCUT2D eigenvalue weighted by atomic mass is 16.5. The molecule has 1 aromatic rings.